The van der Waals surface area contributed by atoms with Gasteiger partial charge in [-0.15, -0.1) is 0 Å². The van der Waals surface area contributed by atoms with Gasteiger partial charge in [0.1, 0.15) is 6.04 Å². The lowest BCUT2D eigenvalue weighted by atomic mass is 10.1. The van der Waals surface area contributed by atoms with Crippen LogP contribution in [0.3, 0.4) is 0 Å². The Morgan fingerprint density at radius 2 is 1.62 bits per heavy atom. The second kappa shape index (κ2) is 6.96. The number of carboxylic acid groups (broad SMARTS) is 1. The maximum Gasteiger partial charge on any atom is 0.321 e. The first-order valence-corrected chi connectivity index (χ1v) is 9.17. The molecule has 4 nitrogen and oxygen atoms in total. The van der Waals surface area contributed by atoms with Crippen LogP contribution in [-0.2, 0) is 23.0 Å². The highest BCUT2D eigenvalue weighted by atomic mass is 32.4. The minimum atomic E-state index is -3.09. The predicted octanol–water partition coefficient (Wildman–Crippen LogP) is 1.90. The molecule has 0 heterocycles. The number of rotatable bonds is 6. The van der Waals surface area contributed by atoms with Gasteiger partial charge in [-0.25, -0.2) is 0 Å². The molecule has 2 atom stereocenters. The van der Waals surface area contributed by atoms with Gasteiger partial charge in [0.25, 0.3) is 0 Å². The van der Waals surface area contributed by atoms with Crippen LogP contribution in [0.4, 0.5) is 0 Å². The van der Waals surface area contributed by atoms with Crippen molar-refractivity contribution in [3.8, 4) is 0 Å². The molecule has 21 heavy (non-hydrogen) atoms. The highest BCUT2D eigenvalue weighted by Crippen LogP contribution is 2.35. The molecule has 0 bridgehead atoms. The molecule has 0 spiro atoms. The smallest absolute Gasteiger partial charge is 0.321 e. The lowest BCUT2D eigenvalue weighted by molar-refractivity contribution is -0.138. The molecule has 110 valence electrons. The molecule has 0 saturated carbocycles. The molecule has 2 rings (SSSR count). The summed E-state index contributed by atoms with van der Waals surface area (Å²) in [5, 5.41) is 12.6. The number of hydrogen-bond acceptors (Lipinski definition) is 2. The molecular formula is C15H16NO3PS. The van der Waals surface area contributed by atoms with E-state index in [2.05, 4.69) is 5.09 Å². The summed E-state index contributed by atoms with van der Waals surface area (Å²) in [5.41, 5.74) is 0.875. The molecule has 0 aromatic heterocycles. The molecule has 0 radical (unpaired) electrons. The van der Waals surface area contributed by atoms with E-state index in [9.17, 15) is 14.8 Å². The Labute approximate surface area is 128 Å². The van der Waals surface area contributed by atoms with Gasteiger partial charge >= 0.3 is 5.97 Å². The van der Waals surface area contributed by atoms with Gasteiger partial charge in [0, 0.05) is 5.30 Å². The maximum atomic E-state index is 11.4. The Bertz CT molecular complexity index is 648. The van der Waals surface area contributed by atoms with Crippen molar-refractivity contribution >= 4 is 29.5 Å². The van der Waals surface area contributed by atoms with Gasteiger partial charge < -0.3 is 10.00 Å². The molecule has 2 aromatic carbocycles. The van der Waals surface area contributed by atoms with Crippen molar-refractivity contribution < 1.29 is 14.8 Å². The Balaban J connectivity index is 2.17. The minimum Gasteiger partial charge on any atom is -0.480 e. The van der Waals surface area contributed by atoms with Gasteiger partial charge in [0.2, 0.25) is 0 Å². The van der Waals surface area contributed by atoms with Crippen LogP contribution in [0.2, 0.25) is 0 Å². The van der Waals surface area contributed by atoms with Crippen LogP contribution in [0.1, 0.15) is 5.56 Å². The molecule has 2 aromatic rings. The predicted molar refractivity (Wildman–Crippen MR) is 87.3 cm³/mol. The van der Waals surface area contributed by atoms with Crippen molar-refractivity contribution in [1.82, 2.24) is 5.09 Å². The van der Waals surface area contributed by atoms with Crippen LogP contribution >= 0.6 is 6.42 Å². The van der Waals surface area contributed by atoms with E-state index >= 15 is 0 Å². The second-order valence-electron chi connectivity index (χ2n) is 4.62. The number of carboxylic acids is 1. The molecule has 2 unspecified atom stereocenters. The van der Waals surface area contributed by atoms with E-state index in [0.29, 0.717) is 5.30 Å². The lowest BCUT2D eigenvalue weighted by Gasteiger charge is -2.22. The topological polar surface area (TPSA) is 69.6 Å². The fraction of sp³-hybridized carbons (Fsp3) is 0.133. The maximum absolute atomic E-state index is 11.4. The largest absolute Gasteiger partial charge is 0.480 e. The van der Waals surface area contributed by atoms with Gasteiger partial charge in [0.15, 0.2) is 6.42 Å². The highest BCUT2D eigenvalue weighted by molar-refractivity contribution is 8.14. The van der Waals surface area contributed by atoms with Crippen molar-refractivity contribution in [2.45, 2.75) is 12.5 Å². The third-order valence-corrected chi connectivity index (χ3v) is 5.63. The van der Waals surface area contributed by atoms with Crippen molar-refractivity contribution in [3.63, 3.8) is 0 Å². The van der Waals surface area contributed by atoms with Crippen LogP contribution in [-0.4, -0.2) is 22.0 Å². The molecule has 3 N–H and O–H groups in total. The highest BCUT2D eigenvalue weighted by Gasteiger charge is 2.25. The molecule has 6 heteroatoms. The average molecular weight is 321 g/mol. The number of hydrogen-bond donors (Lipinski definition) is 3. The van der Waals surface area contributed by atoms with Crippen LogP contribution in [0, 0.1) is 0 Å². The molecule has 0 amide bonds. The first kappa shape index (κ1) is 15.9. The molecule has 0 aliphatic carbocycles. The van der Waals surface area contributed by atoms with E-state index in [4.69, 9.17) is 11.8 Å². The van der Waals surface area contributed by atoms with Crippen LogP contribution in [0.5, 0.6) is 0 Å². The molecule has 0 saturated heterocycles. The van der Waals surface area contributed by atoms with Gasteiger partial charge in [-0.2, -0.15) is 0 Å². The third kappa shape index (κ3) is 4.48. The fourth-order valence-corrected chi connectivity index (χ4v) is 4.05. The Kier molecular flexibility index (Phi) is 5.26. The summed E-state index contributed by atoms with van der Waals surface area (Å²) in [7, 11) is 0. The van der Waals surface area contributed by atoms with Crippen molar-refractivity contribution in [3.05, 3.63) is 66.2 Å². The first-order valence-electron chi connectivity index (χ1n) is 6.42. The summed E-state index contributed by atoms with van der Waals surface area (Å²) in [6.07, 6.45) is -2.82. The quantitative estimate of drug-likeness (QED) is 0.709. The standard InChI is InChI=1S/C15H16NO3PS/c17-15(18)14(11-12-7-3-1-4-8-12)16-20(19,21)13-9-5-2-6-10-13/h1-10,14H,11H2,(H,17,18)(H2,16,19,21). The summed E-state index contributed by atoms with van der Waals surface area (Å²) < 4.78 is 0. The van der Waals surface area contributed by atoms with Crippen molar-refractivity contribution in [1.29, 1.82) is 0 Å². The van der Waals surface area contributed by atoms with Crippen molar-refractivity contribution in [2.24, 2.45) is 0 Å². The fourth-order valence-electron chi connectivity index (χ4n) is 1.95. The number of aliphatic carboxylic acids is 1. The van der Waals surface area contributed by atoms with Crippen molar-refractivity contribution in [2.75, 3.05) is 0 Å². The summed E-state index contributed by atoms with van der Waals surface area (Å²) in [4.78, 5) is 21.8. The monoisotopic (exact) mass is 321 g/mol. The zero-order valence-electron chi connectivity index (χ0n) is 11.2. The normalized spacial score (nSPS) is 15.1. The Morgan fingerprint density at radius 3 is 2.14 bits per heavy atom. The zero-order valence-corrected chi connectivity index (χ0v) is 12.9. The average Bonchev–Trinajstić information content (AvgIpc) is 2.48. The van der Waals surface area contributed by atoms with Crippen LogP contribution in [0.15, 0.2) is 60.7 Å². The Morgan fingerprint density at radius 1 is 1.10 bits per heavy atom. The van der Waals surface area contributed by atoms with Gasteiger partial charge in [-0.3, -0.25) is 9.88 Å². The first-order chi connectivity index (χ1) is 9.99. The number of carbonyl (C=O) groups is 1. The van der Waals surface area contributed by atoms with Crippen LogP contribution in [0.25, 0.3) is 0 Å². The number of benzene rings is 2. The summed E-state index contributed by atoms with van der Waals surface area (Å²) in [6, 6.07) is 17.1. The van der Waals surface area contributed by atoms with Gasteiger partial charge in [-0.1, -0.05) is 60.7 Å². The van der Waals surface area contributed by atoms with Gasteiger partial charge in [0.05, 0.1) is 0 Å². The molecule has 0 aliphatic rings. The summed E-state index contributed by atoms with van der Waals surface area (Å²) >= 11 is 5.21. The van der Waals surface area contributed by atoms with Gasteiger partial charge in [-0.05, 0) is 23.8 Å². The van der Waals surface area contributed by atoms with E-state index in [1.807, 2.05) is 36.4 Å². The molecule has 0 fully saturated rings. The summed E-state index contributed by atoms with van der Waals surface area (Å²) in [5.74, 6) is -1.03. The lowest BCUT2D eigenvalue weighted by Crippen LogP contribution is -2.38. The zero-order chi connectivity index (χ0) is 15.3. The SMILES string of the molecule is O=C(O)C(Cc1ccccc1)NP(O)(=S)c1ccccc1. The molecule has 0 aliphatic heterocycles. The van der Waals surface area contributed by atoms with E-state index < -0.39 is 18.4 Å². The Hall–Kier alpha value is -1.52. The van der Waals surface area contributed by atoms with E-state index in [1.54, 1.807) is 24.3 Å². The summed E-state index contributed by atoms with van der Waals surface area (Å²) in [6.45, 7) is 0. The number of nitrogens with one attached hydrogen (secondary N) is 1. The third-order valence-electron chi connectivity index (χ3n) is 3.02. The molecular weight excluding hydrogens is 305 g/mol. The minimum absolute atomic E-state index is 0.266. The van der Waals surface area contributed by atoms with E-state index in [1.165, 1.54) is 0 Å². The second-order valence-corrected chi connectivity index (χ2v) is 8.13. The van der Waals surface area contributed by atoms with Crippen LogP contribution < -0.4 is 10.4 Å². The van der Waals surface area contributed by atoms with E-state index in [-0.39, 0.29) is 6.42 Å². The van der Waals surface area contributed by atoms with E-state index in [0.717, 1.165) is 5.56 Å².